The van der Waals surface area contributed by atoms with Gasteiger partial charge in [0.1, 0.15) is 0 Å². The van der Waals surface area contributed by atoms with Crippen LogP contribution in [0.25, 0.3) is 0 Å². The number of carbonyl (C=O) groups is 1. The summed E-state index contributed by atoms with van der Waals surface area (Å²) < 4.78 is 33.2. The quantitative estimate of drug-likeness (QED) is 0.581. The van der Waals surface area contributed by atoms with Crippen LogP contribution in [0.1, 0.15) is 32.1 Å². The van der Waals surface area contributed by atoms with Crippen molar-refractivity contribution in [1.82, 2.24) is 18.4 Å². The maximum absolute atomic E-state index is 12.9. The highest BCUT2D eigenvalue weighted by Gasteiger charge is 2.39. The van der Waals surface area contributed by atoms with Crippen molar-refractivity contribution in [1.29, 1.82) is 0 Å². The molecule has 0 aromatic heterocycles. The normalized spacial score (nSPS) is 25.7. The van der Waals surface area contributed by atoms with E-state index in [2.05, 4.69) is 4.90 Å². The molecule has 8 nitrogen and oxygen atoms in total. The number of piperidine rings is 1. The molecule has 0 spiro atoms. The lowest BCUT2D eigenvalue weighted by Gasteiger charge is -2.40. The molecule has 0 N–H and O–H groups in total. The second-order valence-electron chi connectivity index (χ2n) is 8.06. The Morgan fingerprint density at radius 2 is 1.81 bits per heavy atom. The highest BCUT2D eigenvalue weighted by molar-refractivity contribution is 7.86. The first-order valence-corrected chi connectivity index (χ1v) is 11.6. The van der Waals surface area contributed by atoms with E-state index in [1.54, 1.807) is 14.1 Å². The van der Waals surface area contributed by atoms with Crippen LogP contribution in [-0.2, 0) is 19.7 Å². The predicted octanol–water partition coefficient (Wildman–Crippen LogP) is 0.218. The first-order valence-electron chi connectivity index (χ1n) is 10.2. The molecule has 27 heavy (non-hydrogen) atoms. The monoisotopic (exact) mass is 402 g/mol. The van der Waals surface area contributed by atoms with Crippen LogP contribution in [0.15, 0.2) is 0 Å². The molecule has 1 amide bonds. The third-order valence-electron chi connectivity index (χ3n) is 5.77. The van der Waals surface area contributed by atoms with Gasteiger partial charge >= 0.3 is 0 Å². The molecule has 0 radical (unpaired) electrons. The van der Waals surface area contributed by atoms with Crippen molar-refractivity contribution in [2.45, 2.75) is 38.1 Å². The highest BCUT2D eigenvalue weighted by atomic mass is 32.2. The molecule has 3 rings (SSSR count). The van der Waals surface area contributed by atoms with Crippen LogP contribution in [0.5, 0.6) is 0 Å². The minimum Gasteiger partial charge on any atom is -0.379 e. The average Bonchev–Trinajstić information content (AvgIpc) is 3.51. The first-order chi connectivity index (χ1) is 12.9. The Morgan fingerprint density at radius 3 is 2.44 bits per heavy atom. The van der Waals surface area contributed by atoms with Crippen LogP contribution in [-0.4, -0.2) is 105 Å². The highest BCUT2D eigenvalue weighted by Crippen LogP contribution is 2.33. The fraction of sp³-hybridized carbons (Fsp3) is 0.944. The molecule has 156 valence electrons. The third kappa shape index (κ3) is 5.41. The molecule has 1 aliphatic carbocycles. The largest absolute Gasteiger partial charge is 0.379 e. The van der Waals surface area contributed by atoms with Crippen molar-refractivity contribution in [3.05, 3.63) is 0 Å². The van der Waals surface area contributed by atoms with Gasteiger partial charge in [-0.25, -0.2) is 0 Å². The Labute approximate surface area is 163 Å². The molecule has 0 bridgehead atoms. The lowest BCUT2D eigenvalue weighted by Crippen LogP contribution is -2.54. The first kappa shape index (κ1) is 21.0. The van der Waals surface area contributed by atoms with E-state index in [0.717, 1.165) is 65.0 Å². The van der Waals surface area contributed by atoms with E-state index in [9.17, 15) is 13.2 Å². The molecule has 2 aliphatic heterocycles. The third-order valence-corrected chi connectivity index (χ3v) is 7.68. The number of hydrogen-bond acceptors (Lipinski definition) is 5. The van der Waals surface area contributed by atoms with Gasteiger partial charge in [0.2, 0.25) is 5.91 Å². The second-order valence-corrected chi connectivity index (χ2v) is 10.2. The standard InChI is InChI=1S/C18H34N4O4S/c1-19(2)27(24,25)21-9-3-5-17(15-21)22(18(23)16-6-7-16)10-4-8-20-11-13-26-14-12-20/h16-17H,3-15H2,1-2H3. The molecule has 1 saturated carbocycles. The summed E-state index contributed by atoms with van der Waals surface area (Å²) in [5, 5.41) is 0. The molecule has 3 fully saturated rings. The summed E-state index contributed by atoms with van der Waals surface area (Å²) in [6.45, 7) is 6.10. The molecule has 9 heteroatoms. The summed E-state index contributed by atoms with van der Waals surface area (Å²) in [5.74, 6) is 0.389. The van der Waals surface area contributed by atoms with E-state index in [1.807, 2.05) is 4.90 Å². The SMILES string of the molecule is CN(C)S(=O)(=O)N1CCCC(N(CCCN2CCOCC2)C(=O)C2CC2)C1. The van der Waals surface area contributed by atoms with Crippen molar-refractivity contribution in [3.8, 4) is 0 Å². The van der Waals surface area contributed by atoms with Gasteiger partial charge in [-0.15, -0.1) is 0 Å². The van der Waals surface area contributed by atoms with Crippen LogP contribution < -0.4 is 0 Å². The zero-order chi connectivity index (χ0) is 19.4. The van der Waals surface area contributed by atoms with Gasteiger partial charge in [0, 0.05) is 65.3 Å². The van der Waals surface area contributed by atoms with E-state index < -0.39 is 10.2 Å². The molecule has 1 atom stereocenters. The van der Waals surface area contributed by atoms with Crippen molar-refractivity contribution in [2.75, 3.05) is 66.6 Å². The average molecular weight is 403 g/mol. The van der Waals surface area contributed by atoms with E-state index in [-0.39, 0.29) is 17.9 Å². The van der Waals surface area contributed by atoms with Crippen molar-refractivity contribution >= 4 is 16.1 Å². The number of amides is 1. The number of hydrogen-bond donors (Lipinski definition) is 0. The van der Waals surface area contributed by atoms with Gasteiger partial charge in [0.05, 0.1) is 13.2 Å². The molecule has 3 aliphatic rings. The number of carbonyl (C=O) groups excluding carboxylic acids is 1. The fourth-order valence-corrected chi connectivity index (χ4v) is 5.12. The molecule has 2 saturated heterocycles. The number of ether oxygens (including phenoxy) is 1. The Morgan fingerprint density at radius 1 is 1.11 bits per heavy atom. The fourth-order valence-electron chi connectivity index (χ4n) is 3.94. The Bertz CT molecular complexity index is 602. The van der Waals surface area contributed by atoms with Crippen LogP contribution in [0, 0.1) is 5.92 Å². The minimum absolute atomic E-state index is 0.00809. The van der Waals surface area contributed by atoms with E-state index in [0.29, 0.717) is 19.6 Å². The summed E-state index contributed by atoms with van der Waals surface area (Å²) >= 11 is 0. The molecule has 0 aromatic rings. The molecule has 2 heterocycles. The zero-order valence-corrected chi connectivity index (χ0v) is 17.5. The van der Waals surface area contributed by atoms with Gasteiger partial charge in [-0.2, -0.15) is 17.0 Å². The van der Waals surface area contributed by atoms with Crippen LogP contribution in [0.2, 0.25) is 0 Å². The summed E-state index contributed by atoms with van der Waals surface area (Å²) in [6.07, 6.45) is 4.57. The van der Waals surface area contributed by atoms with E-state index in [1.165, 1.54) is 8.61 Å². The van der Waals surface area contributed by atoms with Gasteiger partial charge in [-0.05, 0) is 32.1 Å². The topological polar surface area (TPSA) is 73.4 Å². The Hall–Kier alpha value is -0.740. The summed E-state index contributed by atoms with van der Waals surface area (Å²) in [4.78, 5) is 17.3. The van der Waals surface area contributed by atoms with Gasteiger partial charge in [-0.3, -0.25) is 9.69 Å². The minimum atomic E-state index is -3.43. The molecular weight excluding hydrogens is 368 g/mol. The van der Waals surface area contributed by atoms with Gasteiger partial charge in [0.15, 0.2) is 0 Å². The molecule has 0 aromatic carbocycles. The van der Waals surface area contributed by atoms with Crippen molar-refractivity contribution < 1.29 is 17.9 Å². The lowest BCUT2D eigenvalue weighted by molar-refractivity contribution is -0.136. The second kappa shape index (κ2) is 9.17. The van der Waals surface area contributed by atoms with E-state index >= 15 is 0 Å². The zero-order valence-electron chi connectivity index (χ0n) is 16.7. The lowest BCUT2D eigenvalue weighted by atomic mass is 10.0. The van der Waals surface area contributed by atoms with Gasteiger partial charge < -0.3 is 9.64 Å². The smallest absolute Gasteiger partial charge is 0.281 e. The van der Waals surface area contributed by atoms with E-state index in [4.69, 9.17) is 4.74 Å². The van der Waals surface area contributed by atoms with Crippen LogP contribution in [0.3, 0.4) is 0 Å². The maximum atomic E-state index is 12.9. The predicted molar refractivity (Wildman–Crippen MR) is 104 cm³/mol. The van der Waals surface area contributed by atoms with Gasteiger partial charge in [-0.1, -0.05) is 0 Å². The Balaban J connectivity index is 1.60. The summed E-state index contributed by atoms with van der Waals surface area (Å²) in [5.41, 5.74) is 0. The number of nitrogens with zero attached hydrogens (tertiary/aromatic N) is 4. The van der Waals surface area contributed by atoms with Gasteiger partial charge in [0.25, 0.3) is 10.2 Å². The van der Waals surface area contributed by atoms with Crippen LogP contribution >= 0.6 is 0 Å². The van der Waals surface area contributed by atoms with Crippen molar-refractivity contribution in [2.24, 2.45) is 5.92 Å². The maximum Gasteiger partial charge on any atom is 0.281 e. The number of rotatable bonds is 8. The summed E-state index contributed by atoms with van der Waals surface area (Å²) in [7, 11) is -0.300. The van der Waals surface area contributed by atoms with Crippen LogP contribution in [0.4, 0.5) is 0 Å². The molecule has 1 unspecified atom stereocenters. The number of morpholine rings is 1. The van der Waals surface area contributed by atoms with Crippen molar-refractivity contribution in [3.63, 3.8) is 0 Å². The summed E-state index contributed by atoms with van der Waals surface area (Å²) in [6, 6.07) is -0.00809. The molecular formula is C18H34N4O4S. The Kier molecular flexibility index (Phi) is 7.13.